The van der Waals surface area contributed by atoms with Crippen LogP contribution < -0.4 is 5.73 Å². The Morgan fingerprint density at radius 1 is 1.04 bits per heavy atom. The molecule has 0 fully saturated rings. The van der Waals surface area contributed by atoms with Crippen molar-refractivity contribution in [2.45, 2.75) is 20.3 Å². The second-order valence-corrected chi connectivity index (χ2v) is 5.37. The van der Waals surface area contributed by atoms with Crippen LogP contribution >= 0.6 is 23.2 Å². The average molecular weight is 350 g/mol. The number of hydrogen-bond acceptors (Lipinski definition) is 2. The highest BCUT2D eigenvalue weighted by Gasteiger charge is 2.05. The minimum Gasteiger partial charge on any atom is -0.330 e. The molecule has 0 aliphatic carbocycles. The molecule has 0 heterocycles. The fourth-order valence-corrected chi connectivity index (χ4v) is 2.46. The van der Waals surface area contributed by atoms with Crippen LogP contribution in [0.5, 0.6) is 0 Å². The molecule has 0 amide bonds. The third-order valence-corrected chi connectivity index (χ3v) is 3.68. The molecular weight excluding hydrogens is 329 g/mol. The van der Waals surface area contributed by atoms with Gasteiger partial charge in [0.15, 0.2) is 5.78 Å². The van der Waals surface area contributed by atoms with E-state index in [-0.39, 0.29) is 5.78 Å². The maximum Gasteiger partial charge on any atom is 0.164 e. The molecule has 0 saturated heterocycles. The van der Waals surface area contributed by atoms with Crippen molar-refractivity contribution in [3.05, 3.63) is 69.2 Å². The zero-order chi connectivity index (χ0) is 17.2. The maximum atomic E-state index is 11.8. The van der Waals surface area contributed by atoms with Gasteiger partial charge in [-0.2, -0.15) is 0 Å². The lowest BCUT2D eigenvalue weighted by molar-refractivity contribution is 0.0985. The first kappa shape index (κ1) is 19.4. The van der Waals surface area contributed by atoms with Gasteiger partial charge in [-0.15, -0.1) is 0 Å². The number of carbonyl (C=O) groups is 1. The molecule has 2 nitrogen and oxygen atoms in total. The number of rotatable bonds is 5. The molecule has 23 heavy (non-hydrogen) atoms. The van der Waals surface area contributed by atoms with Gasteiger partial charge in [-0.1, -0.05) is 73.5 Å². The summed E-state index contributed by atoms with van der Waals surface area (Å²) in [6.07, 6.45) is 4.08. The number of benzene rings is 2. The van der Waals surface area contributed by atoms with Crippen molar-refractivity contribution in [3.8, 4) is 0 Å². The lowest BCUT2D eigenvalue weighted by Gasteiger charge is -2.03. The molecule has 2 aromatic carbocycles. The van der Waals surface area contributed by atoms with Gasteiger partial charge in [-0.25, -0.2) is 0 Å². The van der Waals surface area contributed by atoms with E-state index < -0.39 is 0 Å². The zero-order valence-electron chi connectivity index (χ0n) is 13.4. The van der Waals surface area contributed by atoms with Gasteiger partial charge in [0.25, 0.3) is 0 Å². The molecule has 0 unspecified atom stereocenters. The molecule has 2 aromatic rings. The van der Waals surface area contributed by atoms with Gasteiger partial charge in [0.05, 0.1) is 0 Å². The summed E-state index contributed by atoms with van der Waals surface area (Å²) in [5, 5.41) is 1.18. The van der Waals surface area contributed by atoms with Gasteiger partial charge >= 0.3 is 0 Å². The van der Waals surface area contributed by atoms with Crippen molar-refractivity contribution in [2.75, 3.05) is 6.54 Å². The zero-order valence-corrected chi connectivity index (χ0v) is 14.9. The van der Waals surface area contributed by atoms with Crippen molar-refractivity contribution in [2.24, 2.45) is 5.73 Å². The molecule has 122 valence electrons. The summed E-state index contributed by atoms with van der Waals surface area (Å²) < 4.78 is 0. The van der Waals surface area contributed by atoms with E-state index in [0.717, 1.165) is 11.1 Å². The second-order valence-electron chi connectivity index (χ2n) is 4.56. The lowest BCUT2D eigenvalue weighted by Crippen LogP contribution is -2.07. The van der Waals surface area contributed by atoms with Crippen LogP contribution in [0.1, 0.15) is 41.8 Å². The number of hydrogen-bond donors (Lipinski definition) is 1. The maximum absolute atomic E-state index is 11.8. The molecule has 0 bridgehead atoms. The smallest absolute Gasteiger partial charge is 0.164 e. The van der Waals surface area contributed by atoms with Crippen molar-refractivity contribution in [3.63, 3.8) is 0 Å². The Labute approximate surface area is 147 Å². The molecule has 0 atom stereocenters. The van der Waals surface area contributed by atoms with Crippen LogP contribution in [0.2, 0.25) is 10.0 Å². The monoisotopic (exact) mass is 349 g/mol. The van der Waals surface area contributed by atoms with Crippen LogP contribution in [-0.2, 0) is 0 Å². The van der Waals surface area contributed by atoms with Gasteiger partial charge in [-0.3, -0.25) is 4.79 Å². The van der Waals surface area contributed by atoms with Crippen LogP contribution in [0.3, 0.4) is 0 Å². The molecule has 0 aliphatic heterocycles. The summed E-state index contributed by atoms with van der Waals surface area (Å²) in [6.45, 7) is 4.36. The molecule has 0 saturated carbocycles. The minimum absolute atomic E-state index is 0.0449. The molecule has 0 aromatic heterocycles. The number of halogens is 2. The van der Waals surface area contributed by atoms with E-state index in [4.69, 9.17) is 28.9 Å². The normalized spacial score (nSPS) is 10.3. The Kier molecular flexibility index (Phi) is 8.64. The first-order chi connectivity index (χ1) is 11.1. The van der Waals surface area contributed by atoms with E-state index in [1.165, 1.54) is 0 Å². The predicted molar refractivity (Wildman–Crippen MR) is 101 cm³/mol. The van der Waals surface area contributed by atoms with E-state index in [0.29, 0.717) is 28.6 Å². The van der Waals surface area contributed by atoms with Gasteiger partial charge in [-0.05, 0) is 30.3 Å². The SMILES string of the molecule is CC.NCCC(=O)c1cccc(/C=C/c2c(Cl)cccc2Cl)c1. The van der Waals surface area contributed by atoms with Crippen molar-refractivity contribution in [1.82, 2.24) is 0 Å². The summed E-state index contributed by atoms with van der Waals surface area (Å²) in [4.78, 5) is 11.8. The van der Waals surface area contributed by atoms with E-state index >= 15 is 0 Å². The third-order valence-electron chi connectivity index (χ3n) is 3.02. The van der Waals surface area contributed by atoms with Crippen LogP contribution in [0.15, 0.2) is 42.5 Å². The summed E-state index contributed by atoms with van der Waals surface area (Å²) in [6, 6.07) is 12.8. The van der Waals surface area contributed by atoms with Crippen molar-refractivity contribution >= 4 is 41.1 Å². The van der Waals surface area contributed by atoms with E-state index in [2.05, 4.69) is 0 Å². The van der Waals surface area contributed by atoms with Crippen LogP contribution in [-0.4, -0.2) is 12.3 Å². The van der Waals surface area contributed by atoms with Crippen LogP contribution in [0, 0.1) is 0 Å². The number of Topliss-reactive ketones (excluding diaryl/α,β-unsaturated/α-hetero) is 1. The van der Waals surface area contributed by atoms with Gasteiger partial charge in [0, 0.05) is 27.6 Å². The van der Waals surface area contributed by atoms with Crippen LogP contribution in [0.25, 0.3) is 12.2 Å². The summed E-state index contributed by atoms with van der Waals surface area (Å²) in [5.41, 5.74) is 7.74. The number of carbonyl (C=O) groups excluding carboxylic acids is 1. The first-order valence-corrected chi connectivity index (χ1v) is 8.33. The standard InChI is InChI=1S/C17H15Cl2NO.C2H6/c18-15-5-2-6-16(19)14(15)8-7-12-3-1-4-13(11-12)17(21)9-10-20;1-2/h1-8,11H,9-10,20H2;1-2H3/b8-7+;. The molecule has 2 N–H and O–H groups in total. The third kappa shape index (κ3) is 5.83. The second kappa shape index (κ2) is 10.2. The molecular formula is C19H21Cl2NO. The Morgan fingerprint density at radius 2 is 1.65 bits per heavy atom. The van der Waals surface area contributed by atoms with Crippen LogP contribution in [0.4, 0.5) is 0 Å². The van der Waals surface area contributed by atoms with Gasteiger partial charge < -0.3 is 5.73 Å². The number of ketones is 1. The quantitative estimate of drug-likeness (QED) is 0.553. The molecule has 4 heteroatoms. The molecule has 0 spiro atoms. The topological polar surface area (TPSA) is 43.1 Å². The Hall–Kier alpha value is -1.61. The van der Waals surface area contributed by atoms with E-state index in [9.17, 15) is 4.79 Å². The largest absolute Gasteiger partial charge is 0.330 e. The first-order valence-electron chi connectivity index (χ1n) is 7.57. The summed E-state index contributed by atoms with van der Waals surface area (Å²) in [7, 11) is 0. The highest BCUT2D eigenvalue weighted by molar-refractivity contribution is 6.37. The fourth-order valence-electron chi connectivity index (χ4n) is 1.94. The van der Waals surface area contributed by atoms with E-state index in [1.807, 2.05) is 44.2 Å². The Morgan fingerprint density at radius 3 is 2.26 bits per heavy atom. The molecule has 2 rings (SSSR count). The van der Waals surface area contributed by atoms with E-state index in [1.54, 1.807) is 24.3 Å². The lowest BCUT2D eigenvalue weighted by atomic mass is 10.0. The fraction of sp³-hybridized carbons (Fsp3) is 0.211. The average Bonchev–Trinajstić information content (AvgIpc) is 2.57. The Bertz CT molecular complexity index is 661. The summed E-state index contributed by atoms with van der Waals surface area (Å²) >= 11 is 12.2. The van der Waals surface area contributed by atoms with Gasteiger partial charge in [0.1, 0.15) is 0 Å². The summed E-state index contributed by atoms with van der Waals surface area (Å²) in [5.74, 6) is 0.0449. The van der Waals surface area contributed by atoms with Crippen molar-refractivity contribution in [1.29, 1.82) is 0 Å². The highest BCUT2D eigenvalue weighted by Crippen LogP contribution is 2.26. The predicted octanol–water partition coefficient (Wildman–Crippen LogP) is 5.72. The number of nitrogens with two attached hydrogens (primary N) is 1. The minimum atomic E-state index is 0.0449. The Balaban J connectivity index is 0.00000127. The van der Waals surface area contributed by atoms with Gasteiger partial charge in [0.2, 0.25) is 0 Å². The molecule has 0 radical (unpaired) electrons. The molecule has 0 aliphatic rings. The highest BCUT2D eigenvalue weighted by atomic mass is 35.5. The van der Waals surface area contributed by atoms with Crippen molar-refractivity contribution < 1.29 is 4.79 Å².